The van der Waals surface area contributed by atoms with Crippen molar-refractivity contribution in [3.63, 3.8) is 0 Å². The normalized spacial score (nSPS) is 16.4. The van der Waals surface area contributed by atoms with Gasteiger partial charge >= 0.3 is 0 Å². The molecule has 0 saturated heterocycles. The van der Waals surface area contributed by atoms with E-state index in [1.165, 1.54) is 0 Å². The number of hydrogen-bond donors (Lipinski definition) is 1. The molecule has 0 radical (unpaired) electrons. The first kappa shape index (κ1) is 15.6. The molecule has 2 aromatic rings. The van der Waals surface area contributed by atoms with Crippen molar-refractivity contribution < 1.29 is 4.79 Å². The number of aromatic nitrogens is 2. The van der Waals surface area contributed by atoms with Crippen LogP contribution in [-0.2, 0) is 18.4 Å². The summed E-state index contributed by atoms with van der Waals surface area (Å²) >= 11 is 0. The van der Waals surface area contributed by atoms with Crippen LogP contribution in [0.4, 0.5) is 0 Å². The molecule has 122 valence electrons. The number of hydrogen-bond acceptors (Lipinski definition) is 2. The summed E-state index contributed by atoms with van der Waals surface area (Å²) in [6, 6.07) is 11.1. The van der Waals surface area contributed by atoms with Gasteiger partial charge in [-0.15, -0.1) is 0 Å². The van der Waals surface area contributed by atoms with Crippen molar-refractivity contribution >= 4 is 5.91 Å². The molecule has 0 spiro atoms. The number of carbonyl (C=O) groups excluding carboxylic acids is 1. The largest absolute Gasteiger partial charge is 0.350 e. The van der Waals surface area contributed by atoms with Gasteiger partial charge in [0.25, 0.3) is 5.56 Å². The second-order valence-electron chi connectivity index (χ2n) is 6.60. The van der Waals surface area contributed by atoms with Gasteiger partial charge in [0.1, 0.15) is 0 Å². The monoisotopic (exact) mass is 313 g/mol. The summed E-state index contributed by atoms with van der Waals surface area (Å²) in [5, 5.41) is 3.00. The van der Waals surface area contributed by atoms with Crippen LogP contribution in [0.2, 0.25) is 0 Å². The lowest BCUT2D eigenvalue weighted by atomic mass is 9.88. The lowest BCUT2D eigenvalue weighted by molar-refractivity contribution is -0.130. The zero-order valence-electron chi connectivity index (χ0n) is 13.7. The summed E-state index contributed by atoms with van der Waals surface area (Å²) in [5.74, 6) is 0.0925. The van der Waals surface area contributed by atoms with Crippen molar-refractivity contribution in [2.24, 2.45) is 12.5 Å². The molecule has 23 heavy (non-hydrogen) atoms. The Morgan fingerprint density at radius 2 is 1.87 bits per heavy atom. The minimum atomic E-state index is -0.249. The van der Waals surface area contributed by atoms with Crippen molar-refractivity contribution in [3.05, 3.63) is 52.4 Å². The number of nitrogens with zero attached hydrogens (tertiary/aromatic N) is 2. The molecule has 1 heterocycles. The van der Waals surface area contributed by atoms with E-state index in [2.05, 4.69) is 5.32 Å². The van der Waals surface area contributed by atoms with Gasteiger partial charge in [-0.2, -0.15) is 0 Å². The molecule has 3 rings (SSSR count). The van der Waals surface area contributed by atoms with Crippen molar-refractivity contribution in [2.45, 2.75) is 39.2 Å². The Kier molecular flexibility index (Phi) is 4.11. The quantitative estimate of drug-likeness (QED) is 0.942. The van der Waals surface area contributed by atoms with Crippen LogP contribution in [0.1, 0.15) is 38.3 Å². The maximum atomic E-state index is 12.4. The molecule has 1 N–H and O–H groups in total. The minimum absolute atomic E-state index is 0.0879. The Balaban J connectivity index is 1.77. The van der Waals surface area contributed by atoms with Crippen LogP contribution in [0, 0.1) is 5.41 Å². The lowest BCUT2D eigenvalue weighted by Gasteiger charge is -2.22. The average Bonchev–Trinajstić information content (AvgIpc) is 3.11. The smallest absolute Gasteiger partial charge is 0.271 e. The molecule has 0 unspecified atom stereocenters. The third-order valence-electron chi connectivity index (χ3n) is 4.90. The Morgan fingerprint density at radius 1 is 1.22 bits per heavy atom. The first-order valence-corrected chi connectivity index (χ1v) is 8.13. The summed E-state index contributed by atoms with van der Waals surface area (Å²) in [6.45, 7) is 2.41. The number of benzene rings is 1. The number of amides is 1. The maximum Gasteiger partial charge on any atom is 0.271 e. The van der Waals surface area contributed by atoms with E-state index < -0.39 is 0 Å². The van der Waals surface area contributed by atoms with Crippen molar-refractivity contribution in [2.75, 3.05) is 0 Å². The first-order chi connectivity index (χ1) is 11.0. The van der Waals surface area contributed by atoms with Crippen molar-refractivity contribution in [3.8, 4) is 5.69 Å². The Morgan fingerprint density at radius 3 is 2.52 bits per heavy atom. The Bertz CT molecular complexity index is 752. The van der Waals surface area contributed by atoms with E-state index in [9.17, 15) is 9.59 Å². The molecule has 1 aromatic carbocycles. The average molecular weight is 313 g/mol. The zero-order valence-corrected chi connectivity index (χ0v) is 13.7. The molecule has 1 amide bonds. The van der Waals surface area contributed by atoms with Crippen LogP contribution in [-0.4, -0.2) is 15.3 Å². The van der Waals surface area contributed by atoms with Crippen LogP contribution >= 0.6 is 0 Å². The van der Waals surface area contributed by atoms with Gasteiger partial charge in [0.15, 0.2) is 0 Å². The van der Waals surface area contributed by atoms with Gasteiger partial charge in [-0.05, 0) is 25.0 Å². The highest BCUT2D eigenvalue weighted by molar-refractivity contribution is 5.82. The van der Waals surface area contributed by atoms with Crippen molar-refractivity contribution in [1.82, 2.24) is 14.7 Å². The summed E-state index contributed by atoms with van der Waals surface area (Å²) in [6.07, 6.45) is 4.13. The highest BCUT2D eigenvalue weighted by Gasteiger charge is 2.35. The molecule has 1 aromatic heterocycles. The highest BCUT2D eigenvalue weighted by Crippen LogP contribution is 2.37. The molecule has 5 nitrogen and oxygen atoms in total. The van der Waals surface area contributed by atoms with E-state index in [-0.39, 0.29) is 16.9 Å². The summed E-state index contributed by atoms with van der Waals surface area (Å²) in [5.41, 5.74) is 1.28. The van der Waals surface area contributed by atoms with Crippen LogP contribution < -0.4 is 10.9 Å². The molecular formula is C18H23N3O2. The minimum Gasteiger partial charge on any atom is -0.350 e. The van der Waals surface area contributed by atoms with Gasteiger partial charge in [0.05, 0.1) is 17.9 Å². The summed E-state index contributed by atoms with van der Waals surface area (Å²) < 4.78 is 3.41. The van der Waals surface area contributed by atoms with Gasteiger partial charge in [0, 0.05) is 18.5 Å². The number of rotatable bonds is 4. The van der Waals surface area contributed by atoms with Gasteiger partial charge in [0.2, 0.25) is 5.91 Å². The fourth-order valence-electron chi connectivity index (χ4n) is 3.38. The predicted molar refractivity (Wildman–Crippen MR) is 89.4 cm³/mol. The first-order valence-electron chi connectivity index (χ1n) is 8.13. The van der Waals surface area contributed by atoms with E-state index >= 15 is 0 Å². The third-order valence-corrected chi connectivity index (χ3v) is 4.90. The maximum absolute atomic E-state index is 12.4. The number of para-hydroxylation sites is 1. The van der Waals surface area contributed by atoms with Crippen LogP contribution in [0.25, 0.3) is 5.69 Å². The zero-order chi connectivity index (χ0) is 16.4. The lowest BCUT2D eigenvalue weighted by Crippen LogP contribution is -2.37. The fourth-order valence-corrected chi connectivity index (χ4v) is 3.38. The SMILES string of the molecule is Cn1c(CNC(=O)C2(C)CCCC2)cc(=O)n1-c1ccccc1. The van der Waals surface area contributed by atoms with E-state index in [1.807, 2.05) is 44.3 Å². The van der Waals surface area contributed by atoms with Gasteiger partial charge in [-0.1, -0.05) is 38.0 Å². The molecule has 5 heteroatoms. The van der Waals surface area contributed by atoms with E-state index in [0.29, 0.717) is 6.54 Å². The van der Waals surface area contributed by atoms with Crippen LogP contribution in [0.3, 0.4) is 0 Å². The highest BCUT2D eigenvalue weighted by atomic mass is 16.2. The number of nitrogens with one attached hydrogen (secondary N) is 1. The summed E-state index contributed by atoms with van der Waals surface area (Å²) in [4.78, 5) is 24.7. The van der Waals surface area contributed by atoms with Crippen LogP contribution in [0.5, 0.6) is 0 Å². The molecule has 0 bridgehead atoms. The second kappa shape index (κ2) is 6.07. The van der Waals surface area contributed by atoms with Gasteiger partial charge in [-0.25, -0.2) is 4.68 Å². The molecule has 1 aliphatic rings. The van der Waals surface area contributed by atoms with E-state index in [4.69, 9.17) is 0 Å². The summed E-state index contributed by atoms with van der Waals surface area (Å²) in [7, 11) is 1.84. The third kappa shape index (κ3) is 2.96. The van der Waals surface area contributed by atoms with Gasteiger partial charge in [-0.3, -0.25) is 14.3 Å². The van der Waals surface area contributed by atoms with E-state index in [1.54, 1.807) is 15.4 Å². The Hall–Kier alpha value is -2.30. The number of carbonyl (C=O) groups is 1. The van der Waals surface area contributed by atoms with Crippen LogP contribution in [0.15, 0.2) is 41.2 Å². The Labute approximate surface area is 135 Å². The second-order valence-corrected chi connectivity index (χ2v) is 6.60. The molecule has 1 saturated carbocycles. The topological polar surface area (TPSA) is 56.0 Å². The van der Waals surface area contributed by atoms with E-state index in [0.717, 1.165) is 37.1 Å². The predicted octanol–water partition coefficient (Wildman–Crippen LogP) is 2.37. The molecular weight excluding hydrogens is 290 g/mol. The molecule has 1 aliphatic carbocycles. The standard InChI is InChI=1S/C18H23N3O2/c1-18(10-6-7-11-18)17(23)19-13-15-12-16(22)21(20(15)2)14-8-4-3-5-9-14/h3-5,8-9,12H,6-7,10-11,13H2,1-2H3,(H,19,23). The fraction of sp³-hybridized carbons (Fsp3) is 0.444. The molecule has 0 atom stereocenters. The van der Waals surface area contributed by atoms with Gasteiger partial charge < -0.3 is 5.32 Å². The molecule has 1 fully saturated rings. The molecule has 0 aliphatic heterocycles. The van der Waals surface area contributed by atoms with Crippen molar-refractivity contribution in [1.29, 1.82) is 0 Å².